The summed E-state index contributed by atoms with van der Waals surface area (Å²) in [5.74, 6) is 0.707. The molecule has 4 nitrogen and oxygen atoms in total. The number of nitrogens with zero attached hydrogens (tertiary/aromatic N) is 4. The van der Waals surface area contributed by atoms with Gasteiger partial charge in [-0.05, 0) is 106 Å². The Balaban J connectivity index is 0.00000468. The van der Waals surface area contributed by atoms with Crippen LogP contribution in [0.3, 0.4) is 0 Å². The zero-order valence-electron chi connectivity index (χ0n) is 36.3. The Morgan fingerprint density at radius 3 is 1.28 bits per heavy atom. The largest absolute Gasteiger partial charge is 0.309 e. The van der Waals surface area contributed by atoms with Crippen molar-refractivity contribution in [3.63, 3.8) is 0 Å². The maximum Gasteiger partial charge on any atom is 0.160 e. The predicted molar refractivity (Wildman–Crippen MR) is 275 cm³/mol. The summed E-state index contributed by atoms with van der Waals surface area (Å²) in [4.78, 5) is 10.2. The van der Waals surface area contributed by atoms with Gasteiger partial charge in [0.25, 0.3) is 0 Å². The minimum absolute atomic E-state index is 0. The van der Waals surface area contributed by atoms with E-state index in [2.05, 4.69) is 234 Å². The molecule has 0 atom stereocenters. The van der Waals surface area contributed by atoms with Gasteiger partial charge >= 0.3 is 0 Å². The Labute approximate surface area is 400 Å². The first-order valence-corrected chi connectivity index (χ1v) is 22.5. The normalized spacial score (nSPS) is 11.5. The van der Waals surface area contributed by atoms with Crippen molar-refractivity contribution in [2.24, 2.45) is 0 Å². The third-order valence-electron chi connectivity index (χ3n) is 13.1. The Morgan fingerprint density at radius 2 is 0.687 bits per heavy atom. The zero-order valence-corrected chi connectivity index (χ0v) is 37.7. The molecule has 0 aliphatic carbocycles. The van der Waals surface area contributed by atoms with E-state index in [4.69, 9.17) is 9.97 Å². The Bertz CT molecular complexity index is 3960. The maximum absolute atomic E-state index is 5.13. The molecule has 0 saturated heterocycles. The fourth-order valence-corrected chi connectivity index (χ4v) is 9.88. The van der Waals surface area contributed by atoms with Crippen LogP contribution in [-0.2, 0) is 18.6 Å². The van der Waals surface area contributed by atoms with Crippen LogP contribution in [0.25, 0.3) is 122 Å². The van der Waals surface area contributed by atoms with Gasteiger partial charge < -0.3 is 9.13 Å². The molecule has 0 unspecified atom stereocenters. The van der Waals surface area contributed by atoms with E-state index in [1.807, 2.05) is 18.2 Å². The number of aromatic nitrogens is 4. The fraction of sp³-hybridized carbons (Fsp3) is 0. The van der Waals surface area contributed by atoms with Gasteiger partial charge in [-0.2, -0.15) is 0 Å². The summed E-state index contributed by atoms with van der Waals surface area (Å²) >= 11 is 0. The van der Waals surface area contributed by atoms with Crippen molar-refractivity contribution in [1.29, 1.82) is 0 Å². The number of rotatable bonds is 7. The number of hydrogen-bond acceptors (Lipinski definition) is 2. The molecule has 0 amide bonds. The zero-order chi connectivity index (χ0) is 43.6. The molecular formula is C62H40N4V. The molecule has 3 aromatic heterocycles. The summed E-state index contributed by atoms with van der Waals surface area (Å²) in [6.45, 7) is 0. The van der Waals surface area contributed by atoms with E-state index < -0.39 is 0 Å². The molecule has 0 N–H and O–H groups in total. The third-order valence-corrected chi connectivity index (χ3v) is 13.1. The summed E-state index contributed by atoms with van der Waals surface area (Å²) in [6, 6.07) is 87.0. The first-order chi connectivity index (χ1) is 32.7. The van der Waals surface area contributed by atoms with E-state index in [1.54, 1.807) is 0 Å². The fourth-order valence-electron chi connectivity index (χ4n) is 9.88. The third kappa shape index (κ3) is 7.03. The van der Waals surface area contributed by atoms with Crippen LogP contribution >= 0.6 is 0 Å². The standard InChI is InChI=1S/C62H40N4.V/c1-3-14-45(15-4-1)62-63-56(40-57(64-62)49-28-27-41-13-7-8-16-46(41)37-49)44-29-33-51(34-30-44)66-59-22-12-10-20-53(59)55-39-48(32-36-61(55)66)43-25-23-42(24-26-43)47-31-35-60-54(38-47)52-19-9-11-21-58(52)65(60)50-17-5-2-6-18-50;/h1-40H;. The van der Waals surface area contributed by atoms with Crippen LogP contribution in [-0.4, -0.2) is 19.1 Å². The van der Waals surface area contributed by atoms with Gasteiger partial charge in [0, 0.05) is 68.2 Å². The molecule has 5 heteroatoms. The minimum Gasteiger partial charge on any atom is -0.309 e. The van der Waals surface area contributed by atoms with Crippen LogP contribution in [0.15, 0.2) is 243 Å². The van der Waals surface area contributed by atoms with Gasteiger partial charge in [0.15, 0.2) is 5.82 Å². The summed E-state index contributed by atoms with van der Waals surface area (Å²) in [5, 5.41) is 7.35. The van der Waals surface area contributed by atoms with Gasteiger partial charge in [0.2, 0.25) is 0 Å². The Morgan fingerprint density at radius 1 is 0.254 bits per heavy atom. The molecule has 1 radical (unpaired) electrons. The molecular weight excluding hydrogens is 852 g/mol. The van der Waals surface area contributed by atoms with Crippen molar-refractivity contribution >= 4 is 54.4 Å². The molecule has 0 fully saturated rings. The quantitative estimate of drug-likeness (QED) is 0.160. The summed E-state index contributed by atoms with van der Waals surface area (Å²) in [6.07, 6.45) is 0. The topological polar surface area (TPSA) is 35.6 Å². The van der Waals surface area contributed by atoms with E-state index in [1.165, 1.54) is 82.3 Å². The number of benzene rings is 10. The first-order valence-electron chi connectivity index (χ1n) is 22.5. The summed E-state index contributed by atoms with van der Waals surface area (Å²) in [7, 11) is 0. The van der Waals surface area contributed by atoms with Gasteiger partial charge in [-0.25, -0.2) is 9.97 Å². The van der Waals surface area contributed by atoms with Gasteiger partial charge in [-0.1, -0.05) is 170 Å². The van der Waals surface area contributed by atoms with Crippen molar-refractivity contribution < 1.29 is 18.6 Å². The van der Waals surface area contributed by atoms with Gasteiger partial charge in [0.1, 0.15) is 0 Å². The second kappa shape index (κ2) is 16.6. The summed E-state index contributed by atoms with van der Waals surface area (Å²) < 4.78 is 4.74. The van der Waals surface area contributed by atoms with Crippen molar-refractivity contribution in [2.75, 3.05) is 0 Å². The average Bonchev–Trinajstić information content (AvgIpc) is 3.91. The first kappa shape index (κ1) is 40.3. The Hall–Kier alpha value is -8.28. The molecule has 67 heavy (non-hydrogen) atoms. The molecule has 0 aliphatic heterocycles. The van der Waals surface area contributed by atoms with Crippen LogP contribution in [0.5, 0.6) is 0 Å². The van der Waals surface area contributed by atoms with Gasteiger partial charge in [-0.3, -0.25) is 0 Å². The average molecular weight is 892 g/mol. The second-order valence-electron chi connectivity index (χ2n) is 17.0. The predicted octanol–water partition coefficient (Wildman–Crippen LogP) is 16.2. The van der Waals surface area contributed by atoms with E-state index in [0.29, 0.717) is 5.82 Å². The van der Waals surface area contributed by atoms with Crippen molar-refractivity contribution in [1.82, 2.24) is 19.1 Å². The van der Waals surface area contributed by atoms with Crippen LogP contribution in [0, 0.1) is 0 Å². The molecule has 313 valence electrons. The molecule has 0 spiro atoms. The molecule has 10 aromatic carbocycles. The van der Waals surface area contributed by atoms with E-state index >= 15 is 0 Å². The monoisotopic (exact) mass is 891 g/mol. The molecule has 13 rings (SSSR count). The van der Waals surface area contributed by atoms with Crippen LogP contribution < -0.4 is 0 Å². The van der Waals surface area contributed by atoms with Crippen LogP contribution in [0.1, 0.15) is 0 Å². The van der Waals surface area contributed by atoms with Gasteiger partial charge in [0.05, 0.1) is 33.5 Å². The SMILES string of the molecule is [V].c1ccc(-c2nc(-c3ccc(-n4c5ccccc5c5cc(-c6ccc(-c7ccc8c(c7)c7ccccc7n8-c7ccccc7)cc6)ccc54)cc3)cc(-c3ccc4ccccc4c3)n2)cc1. The van der Waals surface area contributed by atoms with E-state index in [-0.39, 0.29) is 18.6 Å². The van der Waals surface area contributed by atoms with Crippen LogP contribution in [0.2, 0.25) is 0 Å². The number of hydrogen-bond donors (Lipinski definition) is 0. The summed E-state index contributed by atoms with van der Waals surface area (Å²) in [5.41, 5.74) is 16.7. The second-order valence-corrected chi connectivity index (χ2v) is 17.0. The van der Waals surface area contributed by atoms with Crippen LogP contribution in [0.4, 0.5) is 0 Å². The molecule has 13 aromatic rings. The molecule has 0 bridgehead atoms. The van der Waals surface area contributed by atoms with Crippen molar-refractivity contribution in [3.05, 3.63) is 243 Å². The molecule has 0 saturated carbocycles. The molecule has 0 aliphatic rings. The van der Waals surface area contributed by atoms with Crippen molar-refractivity contribution in [2.45, 2.75) is 0 Å². The number of fused-ring (bicyclic) bond motifs is 7. The van der Waals surface area contributed by atoms with Crippen molar-refractivity contribution in [3.8, 4) is 67.5 Å². The maximum atomic E-state index is 5.13. The van der Waals surface area contributed by atoms with E-state index in [0.717, 1.165) is 33.8 Å². The van der Waals surface area contributed by atoms with Gasteiger partial charge in [-0.15, -0.1) is 0 Å². The molecule has 3 heterocycles. The Kier molecular flexibility index (Phi) is 9.98. The number of para-hydroxylation sites is 3. The van der Waals surface area contributed by atoms with E-state index in [9.17, 15) is 0 Å². The smallest absolute Gasteiger partial charge is 0.160 e. The minimum atomic E-state index is 0.